The van der Waals surface area contributed by atoms with E-state index in [1.807, 2.05) is 24.3 Å². The zero-order valence-corrected chi connectivity index (χ0v) is 12.5. The average Bonchev–Trinajstić information content (AvgIpc) is 2.67. The summed E-state index contributed by atoms with van der Waals surface area (Å²) < 4.78 is 0. The number of carbonyl (C=O) groups is 1. The first-order chi connectivity index (χ1) is 11.8. The number of amides is 1. The van der Waals surface area contributed by atoms with Crippen LogP contribution in [0.1, 0.15) is 21.5 Å². The van der Waals surface area contributed by atoms with Crippen molar-refractivity contribution < 1.29 is 10.0 Å². The third-order valence-electron chi connectivity index (χ3n) is 3.22. The second kappa shape index (κ2) is 7.13. The van der Waals surface area contributed by atoms with Crippen LogP contribution in [0.4, 0.5) is 0 Å². The van der Waals surface area contributed by atoms with Gasteiger partial charge < -0.3 is 0 Å². The number of pyridine rings is 1. The van der Waals surface area contributed by atoms with Gasteiger partial charge in [-0.05, 0) is 24.3 Å². The lowest BCUT2D eigenvalue weighted by molar-refractivity contribution is 0.0706. The van der Waals surface area contributed by atoms with Crippen molar-refractivity contribution in [2.75, 3.05) is 0 Å². The third kappa shape index (κ3) is 3.61. The molecule has 0 saturated carbocycles. The Balaban J connectivity index is 1.83. The number of hydrogen-bond donors (Lipinski definition) is 2. The fourth-order valence-electron chi connectivity index (χ4n) is 2.03. The van der Waals surface area contributed by atoms with Crippen LogP contribution in [0.15, 0.2) is 61.3 Å². The number of carbonyl (C=O) groups excluding carboxylic acids is 1. The normalized spacial score (nSPS) is 9.71. The molecule has 1 amide bonds. The molecule has 3 aromatic rings. The van der Waals surface area contributed by atoms with E-state index in [9.17, 15) is 4.79 Å². The Bertz CT molecular complexity index is 913. The molecule has 0 saturated heterocycles. The van der Waals surface area contributed by atoms with Gasteiger partial charge in [0.2, 0.25) is 0 Å². The van der Waals surface area contributed by atoms with Crippen molar-refractivity contribution in [1.82, 2.24) is 20.4 Å². The van der Waals surface area contributed by atoms with E-state index in [0.717, 1.165) is 16.7 Å². The molecule has 116 valence electrons. The second-order valence-electron chi connectivity index (χ2n) is 4.83. The van der Waals surface area contributed by atoms with Gasteiger partial charge in [0.25, 0.3) is 5.91 Å². The van der Waals surface area contributed by atoms with E-state index < -0.39 is 5.91 Å². The summed E-state index contributed by atoms with van der Waals surface area (Å²) in [5.74, 6) is 5.43. The highest BCUT2D eigenvalue weighted by Gasteiger charge is 2.06. The Labute approximate surface area is 138 Å². The summed E-state index contributed by atoms with van der Waals surface area (Å²) >= 11 is 0. The van der Waals surface area contributed by atoms with Crippen LogP contribution in [0, 0.1) is 11.8 Å². The minimum Gasteiger partial charge on any atom is -0.288 e. The third-order valence-corrected chi connectivity index (χ3v) is 3.22. The minimum absolute atomic E-state index is 0.329. The van der Waals surface area contributed by atoms with Crippen molar-refractivity contribution in [1.29, 1.82) is 0 Å². The van der Waals surface area contributed by atoms with Gasteiger partial charge in [-0.1, -0.05) is 24.0 Å². The molecule has 0 bridgehead atoms. The summed E-state index contributed by atoms with van der Waals surface area (Å²) in [6, 6.07) is 10.6. The summed E-state index contributed by atoms with van der Waals surface area (Å²) in [5, 5.41) is 8.70. The lowest BCUT2D eigenvalue weighted by atomic mass is 10.1. The predicted molar refractivity (Wildman–Crippen MR) is 86.9 cm³/mol. The van der Waals surface area contributed by atoms with Gasteiger partial charge in [-0.15, -0.1) is 0 Å². The van der Waals surface area contributed by atoms with E-state index in [-0.39, 0.29) is 0 Å². The Hall–Kier alpha value is -3.56. The Morgan fingerprint density at radius 2 is 1.71 bits per heavy atom. The van der Waals surface area contributed by atoms with Gasteiger partial charge in [-0.25, -0.2) is 15.4 Å². The summed E-state index contributed by atoms with van der Waals surface area (Å²) in [6.45, 7) is 0. The number of nitrogens with one attached hydrogen (secondary N) is 1. The Morgan fingerprint density at radius 3 is 2.42 bits per heavy atom. The van der Waals surface area contributed by atoms with E-state index in [0.29, 0.717) is 11.3 Å². The van der Waals surface area contributed by atoms with Crippen LogP contribution >= 0.6 is 0 Å². The van der Waals surface area contributed by atoms with Crippen molar-refractivity contribution >= 4 is 5.91 Å². The summed E-state index contributed by atoms with van der Waals surface area (Å²) in [7, 11) is 0. The summed E-state index contributed by atoms with van der Waals surface area (Å²) in [6.07, 6.45) is 6.27. The highest BCUT2D eigenvalue weighted by atomic mass is 16.5. The lowest BCUT2D eigenvalue weighted by Gasteiger charge is -2.03. The maximum atomic E-state index is 11.5. The second-order valence-corrected chi connectivity index (χ2v) is 4.83. The van der Waals surface area contributed by atoms with E-state index >= 15 is 0 Å². The molecule has 0 radical (unpaired) electrons. The van der Waals surface area contributed by atoms with Gasteiger partial charge >= 0.3 is 0 Å². The van der Waals surface area contributed by atoms with Crippen molar-refractivity contribution in [3.63, 3.8) is 0 Å². The van der Waals surface area contributed by atoms with E-state index in [2.05, 4.69) is 26.8 Å². The zero-order valence-electron chi connectivity index (χ0n) is 12.5. The standard InChI is InChI=1S/C18H12N4O2/c23-18(22-24)16-7-8-21-17(9-16)15-5-3-13(4-6-15)1-2-14-10-19-12-20-11-14/h3-12,24H,(H,22,23). The minimum atomic E-state index is -0.578. The van der Waals surface area contributed by atoms with Crippen molar-refractivity contribution in [2.24, 2.45) is 0 Å². The quantitative estimate of drug-likeness (QED) is 0.429. The number of hydroxylamine groups is 1. The molecular formula is C18H12N4O2. The Kier molecular flexibility index (Phi) is 4.56. The van der Waals surface area contributed by atoms with Crippen LogP contribution in [0.2, 0.25) is 0 Å². The van der Waals surface area contributed by atoms with Crippen LogP contribution in [0.25, 0.3) is 11.3 Å². The smallest absolute Gasteiger partial charge is 0.274 e. The Morgan fingerprint density at radius 1 is 1.00 bits per heavy atom. The van der Waals surface area contributed by atoms with E-state index in [4.69, 9.17) is 5.21 Å². The van der Waals surface area contributed by atoms with Gasteiger partial charge in [0.15, 0.2) is 0 Å². The maximum Gasteiger partial charge on any atom is 0.274 e. The van der Waals surface area contributed by atoms with Gasteiger partial charge in [-0.2, -0.15) is 0 Å². The fraction of sp³-hybridized carbons (Fsp3) is 0. The van der Waals surface area contributed by atoms with Crippen LogP contribution in [-0.4, -0.2) is 26.1 Å². The molecule has 0 aliphatic heterocycles. The monoisotopic (exact) mass is 316 g/mol. The van der Waals surface area contributed by atoms with Crippen molar-refractivity contribution in [2.45, 2.75) is 0 Å². The van der Waals surface area contributed by atoms with Gasteiger partial charge in [0.05, 0.1) is 11.3 Å². The first-order valence-corrected chi connectivity index (χ1v) is 7.04. The lowest BCUT2D eigenvalue weighted by Crippen LogP contribution is -2.18. The summed E-state index contributed by atoms with van der Waals surface area (Å²) in [4.78, 5) is 23.5. The van der Waals surface area contributed by atoms with Crippen molar-refractivity contribution in [3.8, 4) is 23.1 Å². The molecule has 1 aromatic carbocycles. The molecule has 0 unspecified atom stereocenters. The molecule has 0 aliphatic rings. The van der Waals surface area contributed by atoms with Crippen LogP contribution in [0.3, 0.4) is 0 Å². The number of benzene rings is 1. The number of aromatic nitrogens is 3. The predicted octanol–water partition coefficient (Wildman–Crippen LogP) is 2.06. The highest BCUT2D eigenvalue weighted by molar-refractivity contribution is 5.94. The molecule has 0 spiro atoms. The molecule has 2 heterocycles. The molecule has 2 N–H and O–H groups in total. The average molecular weight is 316 g/mol. The van der Waals surface area contributed by atoms with Crippen LogP contribution in [-0.2, 0) is 0 Å². The summed E-state index contributed by atoms with van der Waals surface area (Å²) in [5.41, 5.74) is 4.99. The van der Waals surface area contributed by atoms with Gasteiger partial charge in [0, 0.05) is 35.3 Å². The molecule has 3 rings (SSSR count). The topological polar surface area (TPSA) is 88.0 Å². The number of rotatable bonds is 2. The number of nitrogens with zero attached hydrogens (tertiary/aromatic N) is 3. The highest BCUT2D eigenvalue weighted by Crippen LogP contribution is 2.18. The van der Waals surface area contributed by atoms with Crippen LogP contribution < -0.4 is 5.48 Å². The molecular weight excluding hydrogens is 304 g/mol. The fourth-order valence-corrected chi connectivity index (χ4v) is 2.03. The SMILES string of the molecule is O=C(NO)c1ccnc(-c2ccc(C#Cc3cncnc3)cc2)c1. The van der Waals surface area contributed by atoms with Gasteiger partial charge in [0.1, 0.15) is 6.33 Å². The zero-order chi connectivity index (χ0) is 16.8. The molecule has 24 heavy (non-hydrogen) atoms. The molecule has 2 aromatic heterocycles. The van der Waals surface area contributed by atoms with Gasteiger partial charge in [-0.3, -0.25) is 15.0 Å². The molecule has 6 nitrogen and oxygen atoms in total. The van der Waals surface area contributed by atoms with E-state index in [1.165, 1.54) is 18.6 Å². The largest absolute Gasteiger partial charge is 0.288 e. The van der Waals surface area contributed by atoms with Crippen molar-refractivity contribution in [3.05, 3.63) is 78.0 Å². The molecule has 0 aliphatic carbocycles. The first-order valence-electron chi connectivity index (χ1n) is 7.04. The van der Waals surface area contributed by atoms with Crippen LogP contribution in [0.5, 0.6) is 0 Å². The van der Waals surface area contributed by atoms with E-state index in [1.54, 1.807) is 23.9 Å². The maximum absolute atomic E-state index is 11.5. The molecule has 6 heteroatoms. The first kappa shape index (κ1) is 15.3. The molecule has 0 atom stereocenters. The molecule has 0 fully saturated rings. The number of hydrogen-bond acceptors (Lipinski definition) is 5.